The molecular weight excluding hydrogens is 176 g/mol. The van der Waals surface area contributed by atoms with Gasteiger partial charge in [0, 0.05) is 5.92 Å². The second-order valence-electron chi connectivity index (χ2n) is 4.81. The van der Waals surface area contributed by atoms with E-state index in [4.69, 9.17) is 0 Å². The Hall–Kier alpha value is -0.410. The summed E-state index contributed by atoms with van der Waals surface area (Å²) in [5, 5.41) is 3.30. The number of carbonyl (C=O) groups is 1. The molecule has 80 valence electrons. The first-order valence-corrected chi connectivity index (χ1v) is 5.59. The van der Waals surface area contributed by atoms with Gasteiger partial charge in [-0.2, -0.15) is 0 Å². The molecule has 2 fully saturated rings. The van der Waals surface area contributed by atoms with Crippen LogP contribution in [0.2, 0.25) is 0 Å². The smallest absolute Gasteiger partial charge is 0.156 e. The van der Waals surface area contributed by atoms with Gasteiger partial charge in [0.2, 0.25) is 0 Å². The number of likely N-dealkylation sites (N-methyl/N-ethyl adjacent to an activating group) is 1. The lowest BCUT2D eigenvalue weighted by molar-refractivity contribution is -0.129. The highest BCUT2D eigenvalue weighted by Gasteiger charge is 2.53. The van der Waals surface area contributed by atoms with Crippen LogP contribution in [0.3, 0.4) is 0 Å². The zero-order valence-corrected chi connectivity index (χ0v) is 9.18. The Labute approximate surface area is 85.8 Å². The minimum absolute atomic E-state index is 0.0675. The van der Waals surface area contributed by atoms with Gasteiger partial charge in [-0.1, -0.05) is 0 Å². The number of nitrogens with zero attached hydrogens (tertiary/aromatic N) is 1. The van der Waals surface area contributed by atoms with E-state index < -0.39 is 0 Å². The fourth-order valence-corrected chi connectivity index (χ4v) is 2.50. The third-order valence-electron chi connectivity index (χ3n) is 3.75. The second kappa shape index (κ2) is 3.63. The molecule has 0 unspecified atom stereocenters. The van der Waals surface area contributed by atoms with Gasteiger partial charge in [-0.25, -0.2) is 0 Å². The average Bonchev–Trinajstić information content (AvgIpc) is 2.99. The molecule has 1 heterocycles. The summed E-state index contributed by atoms with van der Waals surface area (Å²) in [7, 11) is 4.07. The molecule has 0 aromatic heterocycles. The molecular formula is C11H20N2O. The molecule has 2 rings (SSSR count). The van der Waals surface area contributed by atoms with E-state index in [0.717, 1.165) is 38.8 Å². The third-order valence-corrected chi connectivity index (χ3v) is 3.75. The summed E-state index contributed by atoms with van der Waals surface area (Å²) in [6.45, 7) is 2.03. The van der Waals surface area contributed by atoms with Crippen LogP contribution in [-0.2, 0) is 4.79 Å². The number of hydrogen-bond acceptors (Lipinski definition) is 3. The Kier molecular flexibility index (Phi) is 2.62. The lowest BCUT2D eigenvalue weighted by Gasteiger charge is -2.29. The van der Waals surface area contributed by atoms with E-state index in [1.54, 1.807) is 0 Å². The van der Waals surface area contributed by atoms with Crippen molar-refractivity contribution in [3.8, 4) is 0 Å². The first-order valence-electron chi connectivity index (χ1n) is 5.59. The summed E-state index contributed by atoms with van der Waals surface area (Å²) < 4.78 is 0. The standard InChI is InChI=1S/C11H20N2O/c1-13(2)11(5-6-11)10(14)9-3-7-12-8-4-9/h9,12H,3-8H2,1-2H3. The lowest BCUT2D eigenvalue weighted by atomic mass is 9.88. The Balaban J connectivity index is 2.00. The molecule has 0 radical (unpaired) electrons. The van der Waals surface area contributed by atoms with E-state index in [1.807, 2.05) is 14.1 Å². The SMILES string of the molecule is CN(C)C1(C(=O)C2CCNCC2)CC1. The lowest BCUT2D eigenvalue weighted by Crippen LogP contribution is -2.44. The summed E-state index contributed by atoms with van der Waals surface area (Å²) in [5.74, 6) is 0.824. The number of rotatable bonds is 3. The van der Waals surface area contributed by atoms with Crippen LogP contribution in [0.5, 0.6) is 0 Å². The maximum atomic E-state index is 12.3. The van der Waals surface area contributed by atoms with Gasteiger partial charge in [-0.15, -0.1) is 0 Å². The van der Waals surface area contributed by atoms with Gasteiger partial charge < -0.3 is 5.32 Å². The van der Waals surface area contributed by atoms with E-state index in [0.29, 0.717) is 11.7 Å². The molecule has 0 aromatic carbocycles. The highest BCUT2D eigenvalue weighted by molar-refractivity contribution is 5.93. The van der Waals surface area contributed by atoms with Gasteiger partial charge in [-0.05, 0) is 52.9 Å². The molecule has 0 spiro atoms. The fourth-order valence-electron chi connectivity index (χ4n) is 2.50. The topological polar surface area (TPSA) is 32.3 Å². The van der Waals surface area contributed by atoms with Crippen LogP contribution in [-0.4, -0.2) is 43.4 Å². The average molecular weight is 196 g/mol. The molecule has 0 amide bonds. The van der Waals surface area contributed by atoms with Gasteiger partial charge in [0.1, 0.15) is 0 Å². The van der Waals surface area contributed by atoms with Crippen molar-refractivity contribution in [2.75, 3.05) is 27.2 Å². The molecule has 0 bridgehead atoms. The molecule has 0 aromatic rings. The Morgan fingerprint density at radius 3 is 2.29 bits per heavy atom. The maximum Gasteiger partial charge on any atom is 0.156 e. The van der Waals surface area contributed by atoms with E-state index >= 15 is 0 Å². The van der Waals surface area contributed by atoms with Crippen molar-refractivity contribution in [1.29, 1.82) is 0 Å². The number of piperidine rings is 1. The van der Waals surface area contributed by atoms with Crippen molar-refractivity contribution in [2.45, 2.75) is 31.2 Å². The van der Waals surface area contributed by atoms with Crippen molar-refractivity contribution >= 4 is 5.78 Å². The predicted molar refractivity (Wildman–Crippen MR) is 56.3 cm³/mol. The minimum atomic E-state index is -0.0675. The number of Topliss-reactive ketones (excluding diaryl/α,β-unsaturated/α-hetero) is 1. The van der Waals surface area contributed by atoms with Crippen molar-refractivity contribution in [3.63, 3.8) is 0 Å². The number of ketones is 1. The summed E-state index contributed by atoms with van der Waals surface area (Å²) in [6, 6.07) is 0. The monoisotopic (exact) mass is 196 g/mol. The normalized spacial score (nSPS) is 26.5. The van der Waals surface area contributed by atoms with E-state index in [1.165, 1.54) is 0 Å². The zero-order valence-electron chi connectivity index (χ0n) is 9.18. The molecule has 2 aliphatic rings. The quantitative estimate of drug-likeness (QED) is 0.719. The van der Waals surface area contributed by atoms with Crippen molar-refractivity contribution in [1.82, 2.24) is 10.2 Å². The van der Waals surface area contributed by atoms with Crippen LogP contribution in [0.25, 0.3) is 0 Å². The molecule has 1 saturated carbocycles. The summed E-state index contributed by atoms with van der Waals surface area (Å²) in [5.41, 5.74) is -0.0675. The molecule has 1 aliphatic heterocycles. The zero-order chi connectivity index (χ0) is 10.2. The van der Waals surface area contributed by atoms with Gasteiger partial charge in [-0.3, -0.25) is 9.69 Å². The van der Waals surface area contributed by atoms with Crippen LogP contribution < -0.4 is 5.32 Å². The first-order chi connectivity index (χ1) is 6.67. The highest BCUT2D eigenvalue weighted by atomic mass is 16.1. The predicted octanol–water partition coefficient (Wildman–Crippen LogP) is 0.649. The third kappa shape index (κ3) is 1.59. The van der Waals surface area contributed by atoms with E-state index in [9.17, 15) is 4.79 Å². The Bertz CT molecular complexity index is 227. The van der Waals surface area contributed by atoms with Crippen LogP contribution >= 0.6 is 0 Å². The van der Waals surface area contributed by atoms with Crippen molar-refractivity contribution < 1.29 is 4.79 Å². The number of hydrogen-bond donors (Lipinski definition) is 1. The Morgan fingerprint density at radius 1 is 1.29 bits per heavy atom. The number of nitrogens with one attached hydrogen (secondary N) is 1. The maximum absolute atomic E-state index is 12.3. The largest absolute Gasteiger partial charge is 0.317 e. The summed E-state index contributed by atoms with van der Waals surface area (Å²) in [6.07, 6.45) is 4.22. The van der Waals surface area contributed by atoms with Gasteiger partial charge in [0.25, 0.3) is 0 Å². The van der Waals surface area contributed by atoms with Crippen LogP contribution in [0.4, 0.5) is 0 Å². The van der Waals surface area contributed by atoms with Crippen LogP contribution in [0.1, 0.15) is 25.7 Å². The molecule has 1 N–H and O–H groups in total. The molecule has 3 heteroatoms. The van der Waals surface area contributed by atoms with Gasteiger partial charge in [0.05, 0.1) is 5.54 Å². The minimum Gasteiger partial charge on any atom is -0.317 e. The molecule has 1 saturated heterocycles. The van der Waals surface area contributed by atoms with Gasteiger partial charge >= 0.3 is 0 Å². The molecule has 0 atom stereocenters. The van der Waals surface area contributed by atoms with Gasteiger partial charge in [0.15, 0.2) is 5.78 Å². The fraction of sp³-hybridized carbons (Fsp3) is 0.909. The van der Waals surface area contributed by atoms with Crippen LogP contribution in [0.15, 0.2) is 0 Å². The Morgan fingerprint density at radius 2 is 1.86 bits per heavy atom. The molecule has 1 aliphatic carbocycles. The van der Waals surface area contributed by atoms with E-state index in [2.05, 4.69) is 10.2 Å². The summed E-state index contributed by atoms with van der Waals surface area (Å²) in [4.78, 5) is 14.4. The van der Waals surface area contributed by atoms with E-state index in [-0.39, 0.29) is 5.54 Å². The van der Waals surface area contributed by atoms with Crippen molar-refractivity contribution in [3.05, 3.63) is 0 Å². The molecule has 3 nitrogen and oxygen atoms in total. The van der Waals surface area contributed by atoms with Crippen LogP contribution in [0, 0.1) is 5.92 Å². The highest BCUT2D eigenvalue weighted by Crippen LogP contribution is 2.43. The molecule has 14 heavy (non-hydrogen) atoms. The first kappa shape index (κ1) is 10.1. The summed E-state index contributed by atoms with van der Waals surface area (Å²) >= 11 is 0. The second-order valence-corrected chi connectivity index (χ2v) is 4.81. The van der Waals surface area contributed by atoms with Crippen molar-refractivity contribution in [2.24, 2.45) is 5.92 Å². The number of carbonyl (C=O) groups excluding carboxylic acids is 1.